The van der Waals surface area contributed by atoms with E-state index in [1.54, 1.807) is 12.1 Å². The molecular formula is C14H11BrClFO. The second-order valence-electron chi connectivity index (χ2n) is 4.02. The molecule has 1 N–H and O–H groups in total. The number of benzene rings is 2. The summed E-state index contributed by atoms with van der Waals surface area (Å²) in [7, 11) is 0. The van der Waals surface area contributed by atoms with Crippen LogP contribution >= 0.6 is 27.5 Å². The van der Waals surface area contributed by atoms with Gasteiger partial charge in [-0.1, -0.05) is 45.7 Å². The molecular weight excluding hydrogens is 319 g/mol. The van der Waals surface area contributed by atoms with Gasteiger partial charge in [0.15, 0.2) is 0 Å². The molecule has 0 heterocycles. The molecule has 2 aromatic rings. The molecule has 2 rings (SSSR count). The zero-order valence-electron chi connectivity index (χ0n) is 9.62. The first-order valence-electron chi connectivity index (χ1n) is 5.38. The van der Waals surface area contributed by atoms with Crippen molar-refractivity contribution in [1.29, 1.82) is 0 Å². The van der Waals surface area contributed by atoms with Crippen LogP contribution in [0.25, 0.3) is 0 Å². The standard InChI is InChI=1S/C14H11BrClFO/c1-8-10(3-2-4-12(8)15)14(18)11-6-5-9(16)7-13(11)17/h2-7,14,18H,1H3. The minimum absolute atomic E-state index is 0.223. The highest BCUT2D eigenvalue weighted by Gasteiger charge is 2.17. The lowest BCUT2D eigenvalue weighted by atomic mass is 9.97. The summed E-state index contributed by atoms with van der Waals surface area (Å²) in [6.45, 7) is 1.87. The monoisotopic (exact) mass is 328 g/mol. The maximum absolute atomic E-state index is 13.8. The van der Waals surface area contributed by atoms with Gasteiger partial charge >= 0.3 is 0 Å². The van der Waals surface area contributed by atoms with Crippen LogP contribution in [0.1, 0.15) is 22.8 Å². The predicted molar refractivity (Wildman–Crippen MR) is 74.4 cm³/mol. The van der Waals surface area contributed by atoms with Gasteiger partial charge in [0.25, 0.3) is 0 Å². The van der Waals surface area contributed by atoms with Crippen LogP contribution < -0.4 is 0 Å². The smallest absolute Gasteiger partial charge is 0.130 e. The minimum Gasteiger partial charge on any atom is -0.384 e. The summed E-state index contributed by atoms with van der Waals surface area (Å²) in [4.78, 5) is 0. The highest BCUT2D eigenvalue weighted by atomic mass is 79.9. The van der Waals surface area contributed by atoms with Crippen LogP contribution in [0.3, 0.4) is 0 Å². The van der Waals surface area contributed by atoms with Crippen LogP contribution in [-0.4, -0.2) is 5.11 Å². The summed E-state index contributed by atoms with van der Waals surface area (Å²) < 4.78 is 14.6. The number of hydrogen-bond acceptors (Lipinski definition) is 1. The second kappa shape index (κ2) is 5.39. The van der Waals surface area contributed by atoms with Crippen molar-refractivity contribution in [3.8, 4) is 0 Å². The van der Waals surface area contributed by atoms with Crippen LogP contribution in [0.4, 0.5) is 4.39 Å². The lowest BCUT2D eigenvalue weighted by Crippen LogP contribution is -2.04. The van der Waals surface area contributed by atoms with Crippen LogP contribution in [0.5, 0.6) is 0 Å². The van der Waals surface area contributed by atoms with Crippen molar-refractivity contribution in [2.45, 2.75) is 13.0 Å². The van der Waals surface area contributed by atoms with E-state index >= 15 is 0 Å². The average molecular weight is 330 g/mol. The Morgan fingerprint density at radius 3 is 2.61 bits per heavy atom. The van der Waals surface area contributed by atoms with E-state index in [1.165, 1.54) is 12.1 Å². The molecule has 4 heteroatoms. The largest absolute Gasteiger partial charge is 0.384 e. The van der Waals surface area contributed by atoms with Gasteiger partial charge < -0.3 is 5.11 Å². The quantitative estimate of drug-likeness (QED) is 0.851. The number of aliphatic hydroxyl groups excluding tert-OH is 1. The summed E-state index contributed by atoms with van der Waals surface area (Å²) in [5.41, 5.74) is 1.78. The molecule has 94 valence electrons. The molecule has 2 aromatic carbocycles. The first-order valence-corrected chi connectivity index (χ1v) is 6.56. The topological polar surface area (TPSA) is 20.2 Å². The van der Waals surface area contributed by atoms with Crippen molar-refractivity contribution in [2.24, 2.45) is 0 Å². The lowest BCUT2D eigenvalue weighted by Gasteiger charge is -2.16. The van der Waals surface area contributed by atoms with E-state index in [2.05, 4.69) is 15.9 Å². The van der Waals surface area contributed by atoms with Crippen molar-refractivity contribution in [1.82, 2.24) is 0 Å². The number of rotatable bonds is 2. The molecule has 0 aliphatic rings. The summed E-state index contributed by atoms with van der Waals surface area (Å²) in [6, 6.07) is 9.73. The molecule has 0 aromatic heterocycles. The Balaban J connectivity index is 2.48. The van der Waals surface area contributed by atoms with Gasteiger partial charge in [0.05, 0.1) is 0 Å². The van der Waals surface area contributed by atoms with Crippen LogP contribution in [0.2, 0.25) is 5.02 Å². The first-order chi connectivity index (χ1) is 8.50. The van der Waals surface area contributed by atoms with Crippen molar-refractivity contribution in [3.05, 3.63) is 68.4 Å². The van der Waals surface area contributed by atoms with Crippen LogP contribution in [0.15, 0.2) is 40.9 Å². The lowest BCUT2D eigenvalue weighted by molar-refractivity contribution is 0.214. The average Bonchev–Trinajstić information content (AvgIpc) is 2.32. The predicted octanol–water partition coefficient (Wildman–Crippen LogP) is 4.63. The fraction of sp³-hybridized carbons (Fsp3) is 0.143. The molecule has 1 atom stereocenters. The molecule has 1 nitrogen and oxygen atoms in total. The Bertz CT molecular complexity index is 586. The summed E-state index contributed by atoms with van der Waals surface area (Å²) >= 11 is 9.09. The fourth-order valence-electron chi connectivity index (χ4n) is 1.81. The van der Waals surface area contributed by atoms with E-state index in [0.717, 1.165) is 10.0 Å². The Labute approximate surface area is 118 Å². The molecule has 1 unspecified atom stereocenters. The fourth-order valence-corrected chi connectivity index (χ4v) is 2.35. The minimum atomic E-state index is -1.00. The van der Waals surface area contributed by atoms with E-state index in [-0.39, 0.29) is 5.56 Å². The van der Waals surface area contributed by atoms with Gasteiger partial charge in [0.2, 0.25) is 0 Å². The van der Waals surface area contributed by atoms with Crippen molar-refractivity contribution in [3.63, 3.8) is 0 Å². The van der Waals surface area contributed by atoms with Gasteiger partial charge in [-0.2, -0.15) is 0 Å². The van der Waals surface area contributed by atoms with E-state index in [1.807, 2.05) is 19.1 Å². The molecule has 0 saturated carbocycles. The zero-order valence-corrected chi connectivity index (χ0v) is 12.0. The van der Waals surface area contributed by atoms with E-state index in [9.17, 15) is 9.50 Å². The second-order valence-corrected chi connectivity index (χ2v) is 5.31. The van der Waals surface area contributed by atoms with Crippen LogP contribution in [-0.2, 0) is 0 Å². The van der Waals surface area contributed by atoms with Gasteiger partial charge in [-0.05, 0) is 36.2 Å². The molecule has 0 bridgehead atoms. The van der Waals surface area contributed by atoms with Crippen LogP contribution in [0, 0.1) is 12.7 Å². The van der Waals surface area contributed by atoms with Gasteiger partial charge in [0.1, 0.15) is 11.9 Å². The highest BCUT2D eigenvalue weighted by molar-refractivity contribution is 9.10. The Hall–Kier alpha value is -0.900. The molecule has 0 fully saturated rings. The SMILES string of the molecule is Cc1c(Br)cccc1C(O)c1ccc(Cl)cc1F. The molecule has 0 saturated heterocycles. The van der Waals surface area contributed by atoms with Gasteiger partial charge in [-0.25, -0.2) is 4.39 Å². The zero-order chi connectivity index (χ0) is 13.3. The van der Waals surface area contributed by atoms with Gasteiger partial charge in [-0.3, -0.25) is 0 Å². The number of hydrogen-bond donors (Lipinski definition) is 1. The molecule has 0 aliphatic carbocycles. The number of aliphatic hydroxyl groups is 1. The first kappa shape index (κ1) is 13.5. The molecule has 0 amide bonds. The normalized spacial score (nSPS) is 12.5. The highest BCUT2D eigenvalue weighted by Crippen LogP contribution is 2.30. The Kier molecular flexibility index (Phi) is 4.05. The van der Waals surface area contributed by atoms with E-state index < -0.39 is 11.9 Å². The molecule has 0 aliphatic heterocycles. The third-order valence-corrected chi connectivity index (χ3v) is 3.96. The van der Waals surface area contributed by atoms with Crippen molar-refractivity contribution < 1.29 is 9.50 Å². The molecule has 18 heavy (non-hydrogen) atoms. The summed E-state index contributed by atoms with van der Waals surface area (Å²) in [5.74, 6) is -0.505. The third kappa shape index (κ3) is 2.58. The van der Waals surface area contributed by atoms with Gasteiger partial charge in [0, 0.05) is 15.1 Å². The van der Waals surface area contributed by atoms with Gasteiger partial charge in [-0.15, -0.1) is 0 Å². The molecule has 0 radical (unpaired) electrons. The summed E-state index contributed by atoms with van der Waals surface area (Å²) in [6.07, 6.45) is -1.00. The maximum Gasteiger partial charge on any atom is 0.130 e. The molecule has 0 spiro atoms. The summed E-state index contributed by atoms with van der Waals surface area (Å²) in [5, 5.41) is 10.6. The Morgan fingerprint density at radius 1 is 1.22 bits per heavy atom. The van der Waals surface area contributed by atoms with E-state index in [4.69, 9.17) is 11.6 Å². The number of halogens is 3. The third-order valence-electron chi connectivity index (χ3n) is 2.86. The van der Waals surface area contributed by atoms with E-state index in [0.29, 0.717) is 10.6 Å². The van der Waals surface area contributed by atoms with Crippen molar-refractivity contribution in [2.75, 3.05) is 0 Å². The Morgan fingerprint density at radius 2 is 1.94 bits per heavy atom. The maximum atomic E-state index is 13.8. The van der Waals surface area contributed by atoms with Crippen molar-refractivity contribution >= 4 is 27.5 Å².